The second-order valence-electron chi connectivity index (χ2n) is 7.32. The third-order valence-corrected chi connectivity index (χ3v) is 5.03. The number of benzene rings is 1. The molecule has 0 aliphatic heterocycles. The quantitative estimate of drug-likeness (QED) is 0.358. The molecule has 1 aromatic carbocycles. The van der Waals surface area contributed by atoms with E-state index in [-0.39, 0.29) is 6.61 Å². The van der Waals surface area contributed by atoms with Gasteiger partial charge >= 0.3 is 0 Å². The molecule has 0 N–H and O–H groups in total. The van der Waals surface area contributed by atoms with Crippen LogP contribution in [0.2, 0.25) is 0 Å². The maximum Gasteiger partial charge on any atom is 0.192 e. The molecule has 0 aliphatic rings. The maximum atomic E-state index is 5.39. The van der Waals surface area contributed by atoms with E-state index in [0.717, 1.165) is 35.3 Å². The molecule has 0 saturated heterocycles. The van der Waals surface area contributed by atoms with E-state index >= 15 is 0 Å². The number of hydrogen-bond donors (Lipinski definition) is 0. The molecule has 3 aromatic heterocycles. The Morgan fingerprint density at radius 3 is 2.69 bits per heavy atom. The molecule has 4 rings (SSSR count). The topological polar surface area (TPSA) is 72.8 Å². The molecule has 0 spiro atoms. The normalized spacial score (nSPS) is 12.0. The molecule has 0 aliphatic carbocycles. The zero-order chi connectivity index (χ0) is 20.4. The lowest BCUT2D eigenvalue weighted by Gasteiger charge is -2.12. The molecule has 8 heteroatoms. The minimum absolute atomic E-state index is 0.200. The second kappa shape index (κ2) is 8.00. The fourth-order valence-electron chi connectivity index (χ4n) is 3.34. The maximum absolute atomic E-state index is 5.39. The van der Waals surface area contributed by atoms with Crippen molar-refractivity contribution in [3.8, 4) is 0 Å². The standard InChI is InChI=1S/C21H25N7O/c1-15-16(2)27(11-10-26(3)4)20-19(15)21-24-18(25-28(21)14-22-20)13-29-23-12-17-8-6-5-7-9-17/h5-9,12,14H,10-11,13H2,1-4H3/b23-12-. The first-order chi connectivity index (χ1) is 14.0. The number of fused-ring (bicyclic) bond motifs is 3. The summed E-state index contributed by atoms with van der Waals surface area (Å²) in [4.78, 5) is 16.9. The Hall–Kier alpha value is -3.26. The Morgan fingerprint density at radius 2 is 1.93 bits per heavy atom. The average Bonchev–Trinajstić information content (AvgIpc) is 3.23. The molecule has 0 saturated carbocycles. The first-order valence-electron chi connectivity index (χ1n) is 9.59. The van der Waals surface area contributed by atoms with Crippen LogP contribution in [0.25, 0.3) is 16.7 Å². The van der Waals surface area contributed by atoms with Gasteiger partial charge in [0, 0.05) is 18.8 Å². The zero-order valence-electron chi connectivity index (χ0n) is 17.2. The molecular weight excluding hydrogens is 366 g/mol. The van der Waals surface area contributed by atoms with Crippen LogP contribution in [0.1, 0.15) is 22.6 Å². The van der Waals surface area contributed by atoms with Gasteiger partial charge < -0.3 is 14.3 Å². The second-order valence-corrected chi connectivity index (χ2v) is 7.32. The highest BCUT2D eigenvalue weighted by Gasteiger charge is 2.18. The highest BCUT2D eigenvalue weighted by Crippen LogP contribution is 2.26. The Kier molecular flexibility index (Phi) is 5.26. The van der Waals surface area contributed by atoms with E-state index in [2.05, 4.69) is 57.6 Å². The van der Waals surface area contributed by atoms with Gasteiger partial charge in [0.15, 0.2) is 18.1 Å². The minimum atomic E-state index is 0.200. The summed E-state index contributed by atoms with van der Waals surface area (Å²) < 4.78 is 3.96. The summed E-state index contributed by atoms with van der Waals surface area (Å²) in [5, 5.41) is 9.53. The van der Waals surface area contributed by atoms with Gasteiger partial charge in [0.25, 0.3) is 0 Å². The summed E-state index contributed by atoms with van der Waals surface area (Å²) in [6.07, 6.45) is 3.39. The predicted octanol–water partition coefficient (Wildman–Crippen LogP) is 2.81. The van der Waals surface area contributed by atoms with Gasteiger partial charge in [-0.1, -0.05) is 35.5 Å². The van der Waals surface area contributed by atoms with Gasteiger partial charge in [0.2, 0.25) is 0 Å². The minimum Gasteiger partial charge on any atom is -0.387 e. The molecule has 0 atom stereocenters. The van der Waals surface area contributed by atoms with E-state index in [0.29, 0.717) is 5.82 Å². The lowest BCUT2D eigenvalue weighted by molar-refractivity contribution is 0.126. The van der Waals surface area contributed by atoms with Crippen molar-refractivity contribution in [2.75, 3.05) is 20.6 Å². The van der Waals surface area contributed by atoms with Crippen molar-refractivity contribution in [1.82, 2.24) is 29.0 Å². The first kappa shape index (κ1) is 19.1. The first-order valence-corrected chi connectivity index (χ1v) is 9.59. The molecule has 0 fully saturated rings. The van der Waals surface area contributed by atoms with Crippen LogP contribution in [-0.2, 0) is 18.0 Å². The third kappa shape index (κ3) is 3.84. The van der Waals surface area contributed by atoms with Crippen LogP contribution in [0.3, 0.4) is 0 Å². The number of rotatable bonds is 7. The van der Waals surface area contributed by atoms with Crippen molar-refractivity contribution < 1.29 is 4.84 Å². The molecule has 8 nitrogen and oxygen atoms in total. The average molecular weight is 391 g/mol. The van der Waals surface area contributed by atoms with Gasteiger partial charge in [-0.15, -0.1) is 5.10 Å². The highest BCUT2D eigenvalue weighted by molar-refractivity contribution is 5.93. The lowest BCUT2D eigenvalue weighted by Crippen LogP contribution is -2.19. The van der Waals surface area contributed by atoms with Crippen LogP contribution >= 0.6 is 0 Å². The predicted molar refractivity (Wildman–Crippen MR) is 113 cm³/mol. The van der Waals surface area contributed by atoms with E-state index in [1.807, 2.05) is 30.3 Å². The Morgan fingerprint density at radius 1 is 1.14 bits per heavy atom. The summed E-state index contributed by atoms with van der Waals surface area (Å²) in [7, 11) is 4.15. The van der Waals surface area contributed by atoms with Gasteiger partial charge in [0.1, 0.15) is 12.0 Å². The van der Waals surface area contributed by atoms with Crippen molar-refractivity contribution in [2.24, 2.45) is 5.16 Å². The molecule has 0 radical (unpaired) electrons. The van der Waals surface area contributed by atoms with E-state index in [4.69, 9.17) is 4.84 Å². The highest BCUT2D eigenvalue weighted by atomic mass is 16.6. The fourth-order valence-corrected chi connectivity index (χ4v) is 3.34. The summed E-state index contributed by atoms with van der Waals surface area (Å²) in [6.45, 7) is 6.26. The van der Waals surface area contributed by atoms with Gasteiger partial charge in [-0.3, -0.25) is 0 Å². The van der Waals surface area contributed by atoms with Gasteiger partial charge in [-0.2, -0.15) is 0 Å². The third-order valence-electron chi connectivity index (χ3n) is 5.03. The number of hydrogen-bond acceptors (Lipinski definition) is 6. The molecule has 150 valence electrons. The van der Waals surface area contributed by atoms with Gasteiger partial charge in [0.05, 0.1) is 11.6 Å². The van der Waals surface area contributed by atoms with Crippen LogP contribution in [0.4, 0.5) is 0 Å². The van der Waals surface area contributed by atoms with E-state index < -0.39 is 0 Å². The Bertz CT molecular complexity index is 1160. The smallest absolute Gasteiger partial charge is 0.192 e. The molecule has 0 amide bonds. The van der Waals surface area contributed by atoms with Crippen molar-refractivity contribution in [1.29, 1.82) is 0 Å². The van der Waals surface area contributed by atoms with Crippen LogP contribution in [0.15, 0.2) is 41.8 Å². The Balaban J connectivity index is 1.59. The number of likely N-dealkylation sites (N-methyl/N-ethyl adjacent to an activating group) is 1. The van der Waals surface area contributed by atoms with Crippen LogP contribution in [-0.4, -0.2) is 55.9 Å². The summed E-state index contributed by atoms with van der Waals surface area (Å²) >= 11 is 0. The van der Waals surface area contributed by atoms with E-state index in [1.54, 1.807) is 17.1 Å². The fraction of sp³-hybridized carbons (Fsp3) is 0.333. The summed E-state index contributed by atoms with van der Waals surface area (Å²) in [6, 6.07) is 9.80. The van der Waals surface area contributed by atoms with Gasteiger partial charge in [-0.25, -0.2) is 14.5 Å². The van der Waals surface area contributed by atoms with Crippen molar-refractivity contribution in [3.05, 3.63) is 59.3 Å². The van der Waals surface area contributed by atoms with Gasteiger partial charge in [-0.05, 0) is 39.1 Å². The Labute approximate surface area is 169 Å². The SMILES string of the molecule is Cc1c(C)n(CCN(C)C)c2ncn3nc(CO/N=C\c4ccccc4)nc3c12. The largest absolute Gasteiger partial charge is 0.387 e. The zero-order valence-corrected chi connectivity index (χ0v) is 17.2. The molecule has 0 bridgehead atoms. The molecule has 3 heterocycles. The van der Waals surface area contributed by atoms with E-state index in [1.165, 1.54) is 11.3 Å². The monoisotopic (exact) mass is 391 g/mol. The van der Waals surface area contributed by atoms with Crippen LogP contribution in [0, 0.1) is 13.8 Å². The summed E-state index contributed by atoms with van der Waals surface area (Å²) in [5.41, 5.74) is 5.10. The van der Waals surface area contributed by atoms with Crippen molar-refractivity contribution >= 4 is 22.9 Å². The number of nitrogens with zero attached hydrogens (tertiary/aromatic N) is 7. The molecular formula is C21H25N7O. The lowest BCUT2D eigenvalue weighted by atomic mass is 10.2. The number of oxime groups is 1. The van der Waals surface area contributed by atoms with E-state index in [9.17, 15) is 0 Å². The van der Waals surface area contributed by atoms with Crippen LogP contribution < -0.4 is 0 Å². The van der Waals surface area contributed by atoms with Crippen LogP contribution in [0.5, 0.6) is 0 Å². The molecule has 0 unspecified atom stereocenters. The molecule has 4 aromatic rings. The number of aryl methyl sites for hydroxylation is 1. The molecule has 29 heavy (non-hydrogen) atoms. The van der Waals surface area contributed by atoms with Crippen molar-refractivity contribution in [2.45, 2.75) is 27.0 Å². The number of aromatic nitrogens is 5. The summed E-state index contributed by atoms with van der Waals surface area (Å²) in [5.74, 6) is 0.572. The van der Waals surface area contributed by atoms with Crippen molar-refractivity contribution in [3.63, 3.8) is 0 Å².